The maximum Gasteiger partial charge on any atom is 0.769 e. The highest BCUT2D eigenvalue weighted by atomic mass is 31.4. The van der Waals surface area contributed by atoms with Gasteiger partial charge in [0.2, 0.25) is 0 Å². The van der Waals surface area contributed by atoms with Crippen LogP contribution in [-0.4, -0.2) is 38.7 Å². The molecule has 9 heteroatoms. The van der Waals surface area contributed by atoms with Gasteiger partial charge in [-0.1, -0.05) is 79.1 Å². The highest BCUT2D eigenvalue weighted by Crippen LogP contribution is 2.60. The first-order valence-electron chi connectivity index (χ1n) is 11.7. The Bertz CT molecular complexity index is 560. The van der Waals surface area contributed by atoms with Crippen molar-refractivity contribution in [3.8, 4) is 0 Å². The van der Waals surface area contributed by atoms with Crippen LogP contribution in [0.4, 0.5) is 0 Å². The van der Waals surface area contributed by atoms with E-state index in [1.165, 1.54) is 0 Å². The van der Waals surface area contributed by atoms with E-state index in [1.807, 2.05) is 13.8 Å². The summed E-state index contributed by atoms with van der Waals surface area (Å²) < 4.78 is 31.2. The number of hydrogen-bond acceptors (Lipinski definition) is 7. The zero-order valence-electron chi connectivity index (χ0n) is 20.5. The average molecular weight is 479 g/mol. The topological polar surface area (TPSA) is 96.0 Å². The molecule has 0 saturated heterocycles. The standard InChI is InChI=1S/C22H43O7PSi/c1-8-12-14-21(10-3)16-30(26,17-22(11-4)15-13-9-2)31(27-18(5)23,28-19(6)24)29-20(7)25/h21-22H,8-17H2,1-7H3. The van der Waals surface area contributed by atoms with E-state index in [-0.39, 0.29) is 24.2 Å². The molecule has 0 bridgehead atoms. The molecule has 0 aromatic rings. The van der Waals surface area contributed by atoms with Crippen molar-refractivity contribution in [2.24, 2.45) is 11.8 Å². The number of carbonyl (C=O) groups is 3. The summed E-state index contributed by atoms with van der Waals surface area (Å²) in [7, 11) is -4.47. The second kappa shape index (κ2) is 14.8. The second-order valence-corrected chi connectivity index (χ2v) is 16.6. The molecule has 7 nitrogen and oxygen atoms in total. The summed E-state index contributed by atoms with van der Waals surface area (Å²) in [4.78, 5) is 36.1. The predicted octanol–water partition coefficient (Wildman–Crippen LogP) is 5.91. The molecule has 31 heavy (non-hydrogen) atoms. The van der Waals surface area contributed by atoms with Crippen LogP contribution in [0.1, 0.15) is 99.8 Å². The van der Waals surface area contributed by atoms with Crippen molar-refractivity contribution in [1.82, 2.24) is 0 Å². The number of rotatable bonds is 16. The summed E-state index contributed by atoms with van der Waals surface area (Å²) in [6.07, 6.45) is 7.79. The van der Waals surface area contributed by atoms with E-state index in [2.05, 4.69) is 13.8 Å². The van der Waals surface area contributed by atoms with Gasteiger partial charge in [-0.25, -0.2) is 0 Å². The molecule has 2 atom stereocenters. The first-order chi connectivity index (χ1) is 14.5. The van der Waals surface area contributed by atoms with Crippen molar-refractivity contribution >= 4 is 33.1 Å². The van der Waals surface area contributed by atoms with E-state index in [0.29, 0.717) is 0 Å². The molecular weight excluding hydrogens is 435 g/mol. The van der Waals surface area contributed by atoms with Gasteiger partial charge in [-0.15, -0.1) is 0 Å². The molecule has 0 aromatic heterocycles. The molecule has 0 N–H and O–H groups in total. The third-order valence-corrected chi connectivity index (χ3v) is 15.3. The lowest BCUT2D eigenvalue weighted by Gasteiger charge is -2.35. The van der Waals surface area contributed by atoms with Crippen LogP contribution in [0, 0.1) is 11.8 Å². The van der Waals surface area contributed by atoms with Crippen molar-refractivity contribution < 1.29 is 32.2 Å². The lowest BCUT2D eigenvalue weighted by molar-refractivity contribution is -0.146. The SMILES string of the molecule is CCCCC(CC)CP(=O)(CC(CC)CCCC)[Si](OC(C)=O)(OC(C)=O)OC(C)=O. The molecule has 0 rings (SSSR count). The molecule has 0 spiro atoms. The van der Waals surface area contributed by atoms with Crippen LogP contribution in [-0.2, 0) is 32.2 Å². The van der Waals surface area contributed by atoms with Gasteiger partial charge >= 0.3 is 8.47 Å². The summed E-state index contributed by atoms with van der Waals surface area (Å²) in [6, 6.07) is 0. The summed E-state index contributed by atoms with van der Waals surface area (Å²) in [5, 5.41) is 0. The van der Waals surface area contributed by atoms with Crippen LogP contribution in [0.2, 0.25) is 0 Å². The Morgan fingerprint density at radius 2 is 1.03 bits per heavy atom. The van der Waals surface area contributed by atoms with E-state index < -0.39 is 33.1 Å². The van der Waals surface area contributed by atoms with E-state index in [1.54, 1.807) is 0 Å². The third kappa shape index (κ3) is 10.3. The molecule has 0 aliphatic carbocycles. The quantitative estimate of drug-likeness (QED) is 0.201. The zero-order chi connectivity index (χ0) is 24.1. The van der Waals surface area contributed by atoms with Crippen molar-refractivity contribution in [3.63, 3.8) is 0 Å². The largest absolute Gasteiger partial charge is 0.769 e. The molecule has 2 unspecified atom stereocenters. The van der Waals surface area contributed by atoms with Crippen molar-refractivity contribution in [1.29, 1.82) is 0 Å². The fourth-order valence-corrected chi connectivity index (χ4v) is 14.2. The van der Waals surface area contributed by atoms with Gasteiger partial charge in [-0.2, -0.15) is 0 Å². The highest BCUT2D eigenvalue weighted by Gasteiger charge is 2.68. The molecule has 0 amide bonds. The van der Waals surface area contributed by atoms with Crippen LogP contribution in [0.5, 0.6) is 0 Å². The van der Waals surface area contributed by atoms with Crippen LogP contribution in [0.15, 0.2) is 0 Å². The minimum absolute atomic E-state index is 0.100. The first-order valence-corrected chi connectivity index (χ1v) is 16.3. The highest BCUT2D eigenvalue weighted by molar-refractivity contribution is 7.96. The fraction of sp³-hybridized carbons (Fsp3) is 0.864. The minimum Gasteiger partial charge on any atom is -0.450 e. The average Bonchev–Trinajstić information content (AvgIpc) is 2.66. The number of hydrogen-bond donors (Lipinski definition) is 0. The lowest BCUT2D eigenvalue weighted by Crippen LogP contribution is -2.51. The van der Waals surface area contributed by atoms with Crippen molar-refractivity contribution in [3.05, 3.63) is 0 Å². The Labute approximate surface area is 189 Å². The first kappa shape index (κ1) is 29.9. The van der Waals surface area contributed by atoms with E-state index in [9.17, 15) is 18.9 Å². The molecule has 0 aliphatic heterocycles. The molecule has 0 radical (unpaired) electrons. The van der Waals surface area contributed by atoms with Gasteiger partial charge in [0.15, 0.2) is 6.69 Å². The van der Waals surface area contributed by atoms with Gasteiger partial charge in [0.05, 0.1) is 0 Å². The second-order valence-electron chi connectivity index (χ2n) is 8.39. The van der Waals surface area contributed by atoms with E-state index in [4.69, 9.17) is 13.3 Å². The Kier molecular flexibility index (Phi) is 14.3. The van der Waals surface area contributed by atoms with Gasteiger partial charge in [0.25, 0.3) is 17.9 Å². The van der Waals surface area contributed by atoms with E-state index >= 15 is 0 Å². The smallest absolute Gasteiger partial charge is 0.450 e. The molecule has 0 fully saturated rings. The molecule has 0 saturated carbocycles. The Morgan fingerprint density at radius 1 is 0.710 bits per heavy atom. The van der Waals surface area contributed by atoms with Gasteiger partial charge in [0, 0.05) is 33.1 Å². The lowest BCUT2D eigenvalue weighted by atomic mass is 10.0. The Balaban J connectivity index is 6.50. The van der Waals surface area contributed by atoms with Gasteiger partial charge in [0.1, 0.15) is 0 Å². The van der Waals surface area contributed by atoms with Crippen molar-refractivity contribution in [2.45, 2.75) is 99.8 Å². The predicted molar refractivity (Wildman–Crippen MR) is 125 cm³/mol. The molecule has 0 heterocycles. The normalized spacial score (nSPS) is 15.5. The van der Waals surface area contributed by atoms with Crippen LogP contribution < -0.4 is 0 Å². The third-order valence-electron chi connectivity index (χ3n) is 5.51. The van der Waals surface area contributed by atoms with Crippen molar-refractivity contribution in [2.75, 3.05) is 12.3 Å². The van der Waals surface area contributed by atoms with Crippen LogP contribution in [0.25, 0.3) is 0 Å². The Hall–Kier alpha value is -1.14. The summed E-state index contributed by atoms with van der Waals surface area (Å²) in [6.45, 7) is 8.19. The summed E-state index contributed by atoms with van der Waals surface area (Å²) in [5.41, 5.74) is 0. The van der Waals surface area contributed by atoms with Gasteiger partial charge < -0.3 is 17.8 Å². The summed E-state index contributed by atoms with van der Waals surface area (Å²) in [5.74, 6) is -2.10. The number of carbonyl (C=O) groups excluding carboxylic acids is 3. The fourth-order valence-electron chi connectivity index (χ4n) is 3.82. The maximum absolute atomic E-state index is 14.7. The minimum atomic E-state index is -4.47. The molecule has 0 aliphatic rings. The van der Waals surface area contributed by atoms with Crippen LogP contribution >= 0.6 is 6.69 Å². The van der Waals surface area contributed by atoms with E-state index in [0.717, 1.165) is 72.1 Å². The zero-order valence-corrected chi connectivity index (χ0v) is 22.4. The molecular formula is C22H43O7PSi. The number of unbranched alkanes of at least 4 members (excludes halogenated alkanes) is 2. The molecule has 0 aromatic carbocycles. The maximum atomic E-state index is 14.7. The Morgan fingerprint density at radius 3 is 1.26 bits per heavy atom. The molecule has 182 valence electrons. The van der Waals surface area contributed by atoms with Gasteiger partial charge in [-0.05, 0) is 11.8 Å². The van der Waals surface area contributed by atoms with Gasteiger partial charge in [-0.3, -0.25) is 14.4 Å². The summed E-state index contributed by atoms with van der Waals surface area (Å²) >= 11 is 0. The monoisotopic (exact) mass is 478 g/mol. The van der Waals surface area contributed by atoms with Crippen LogP contribution in [0.3, 0.4) is 0 Å².